The highest BCUT2D eigenvalue weighted by atomic mass is 15.0. The van der Waals surface area contributed by atoms with Crippen LogP contribution in [-0.2, 0) is 6.54 Å². The topological polar surface area (TPSA) is 29.6 Å². The highest BCUT2D eigenvalue weighted by Gasteiger charge is 2.15. The summed E-state index contributed by atoms with van der Waals surface area (Å²) in [5.41, 5.74) is 8.55. The van der Waals surface area contributed by atoms with Crippen molar-refractivity contribution in [2.45, 2.75) is 6.54 Å². The summed E-state index contributed by atoms with van der Waals surface area (Å²) in [5, 5.41) is 7.38. The predicted octanol–water partition coefficient (Wildman–Crippen LogP) is 10.5. The molecule has 0 amide bonds. The van der Waals surface area contributed by atoms with Crippen LogP contribution >= 0.6 is 0 Å². The van der Waals surface area contributed by atoms with Crippen molar-refractivity contribution in [2.75, 3.05) is 0 Å². The molecule has 7 aromatic carbocycles. The minimum atomic E-state index is 0.586. The van der Waals surface area contributed by atoms with Crippen LogP contribution in [0.1, 0.15) is 16.7 Å². The Labute approximate surface area is 256 Å². The molecule has 0 aliphatic rings. The molecule has 0 unspecified atom stereocenters. The summed E-state index contributed by atoms with van der Waals surface area (Å²) in [6, 6.07) is 53.7. The number of nitrogens with zero attached hydrogens (tertiary/aromatic N) is 3. The highest BCUT2D eigenvalue weighted by Crippen LogP contribution is 2.35. The summed E-state index contributed by atoms with van der Waals surface area (Å²) in [5.74, 6) is 0. The molecule has 0 aliphatic heterocycles. The fourth-order valence-electron chi connectivity index (χ4n) is 6.44. The molecule has 0 radical (unpaired) electrons. The van der Waals surface area contributed by atoms with E-state index >= 15 is 0 Å². The smallest absolute Gasteiger partial charge is 0.0744 e. The van der Waals surface area contributed by atoms with Crippen LogP contribution in [0.3, 0.4) is 0 Å². The van der Waals surface area contributed by atoms with Crippen LogP contribution in [0.25, 0.3) is 49.0 Å². The second-order valence-corrected chi connectivity index (χ2v) is 11.1. The Kier molecular flexibility index (Phi) is 6.35. The van der Waals surface area contributed by atoms with Gasteiger partial charge in [-0.05, 0) is 70.2 Å². The lowest BCUT2D eigenvalue weighted by Gasteiger charge is -2.13. The quantitative estimate of drug-likeness (QED) is 0.142. The van der Waals surface area contributed by atoms with E-state index in [0.29, 0.717) is 6.54 Å². The third kappa shape index (κ3) is 4.38. The molecule has 0 spiro atoms. The van der Waals surface area contributed by atoms with Crippen LogP contribution in [-0.4, -0.2) is 17.0 Å². The van der Waals surface area contributed by atoms with Crippen molar-refractivity contribution in [3.63, 3.8) is 0 Å². The van der Waals surface area contributed by atoms with Crippen molar-refractivity contribution in [2.24, 2.45) is 9.98 Å². The first-order valence-corrected chi connectivity index (χ1v) is 14.9. The van der Waals surface area contributed by atoms with Gasteiger partial charge in [-0.3, -0.25) is 9.98 Å². The summed E-state index contributed by atoms with van der Waals surface area (Å²) in [6.45, 7) is 4.41. The number of fused-ring (bicyclic) bond motifs is 6. The van der Waals surface area contributed by atoms with E-state index in [1.54, 1.807) is 0 Å². The van der Waals surface area contributed by atoms with Gasteiger partial charge < -0.3 is 4.57 Å². The van der Waals surface area contributed by atoms with Gasteiger partial charge in [0.05, 0.1) is 29.0 Å². The molecule has 8 aromatic rings. The molecule has 0 N–H and O–H groups in total. The van der Waals surface area contributed by atoms with Gasteiger partial charge in [0, 0.05) is 27.6 Å². The van der Waals surface area contributed by atoms with Gasteiger partial charge in [0.1, 0.15) is 0 Å². The lowest BCUT2D eigenvalue weighted by atomic mass is 9.95. The Hall–Kier alpha value is -5.80. The van der Waals surface area contributed by atoms with E-state index in [2.05, 4.69) is 144 Å². The molecule has 0 fully saturated rings. The molecule has 44 heavy (non-hydrogen) atoms. The first-order chi connectivity index (χ1) is 21.8. The molecular formula is C41H29N3. The van der Waals surface area contributed by atoms with E-state index in [1.807, 2.05) is 24.3 Å². The van der Waals surface area contributed by atoms with E-state index in [-0.39, 0.29) is 0 Å². The third-order valence-electron chi connectivity index (χ3n) is 8.52. The van der Waals surface area contributed by atoms with Gasteiger partial charge >= 0.3 is 0 Å². The zero-order valence-electron chi connectivity index (χ0n) is 24.2. The summed E-state index contributed by atoms with van der Waals surface area (Å²) in [6.07, 6.45) is 0. The largest absolute Gasteiger partial charge is 0.309 e. The van der Waals surface area contributed by atoms with Crippen LogP contribution in [0.15, 0.2) is 162 Å². The number of para-hydroxylation sites is 3. The first kappa shape index (κ1) is 25.9. The minimum absolute atomic E-state index is 0.586. The van der Waals surface area contributed by atoms with Crippen molar-refractivity contribution in [1.29, 1.82) is 0 Å². The maximum absolute atomic E-state index is 5.13. The number of benzene rings is 7. The monoisotopic (exact) mass is 563 g/mol. The lowest BCUT2D eigenvalue weighted by Crippen LogP contribution is -2.05. The Morgan fingerprint density at radius 1 is 0.545 bits per heavy atom. The third-order valence-corrected chi connectivity index (χ3v) is 8.52. The van der Waals surface area contributed by atoms with E-state index in [1.165, 1.54) is 48.9 Å². The van der Waals surface area contributed by atoms with Gasteiger partial charge in [0.25, 0.3) is 0 Å². The van der Waals surface area contributed by atoms with Gasteiger partial charge in [0.2, 0.25) is 0 Å². The fourth-order valence-corrected chi connectivity index (χ4v) is 6.44. The molecule has 3 nitrogen and oxygen atoms in total. The standard InChI is InChI=1S/C41H29N3/c1-42-38-16-8-5-15-37(38)41(43-27-28-11-3-2-4-12-28)31-21-23-33-29(25-31)19-20-30-26-32(22-24-34(30)33)44-39-17-9-6-13-35(39)36-14-7-10-18-40(36)44/h2-26H,1,27H2. The second kappa shape index (κ2) is 10.8. The van der Waals surface area contributed by atoms with Gasteiger partial charge in [-0.1, -0.05) is 115 Å². The van der Waals surface area contributed by atoms with Gasteiger partial charge in [0.15, 0.2) is 0 Å². The summed E-state index contributed by atoms with van der Waals surface area (Å²) >= 11 is 0. The molecule has 0 saturated heterocycles. The number of hydrogen-bond donors (Lipinski definition) is 0. The molecule has 208 valence electrons. The van der Waals surface area contributed by atoms with Crippen molar-refractivity contribution < 1.29 is 0 Å². The van der Waals surface area contributed by atoms with Crippen LogP contribution in [0.2, 0.25) is 0 Å². The number of rotatable bonds is 6. The molecule has 0 saturated carbocycles. The minimum Gasteiger partial charge on any atom is -0.309 e. The summed E-state index contributed by atoms with van der Waals surface area (Å²) in [4.78, 5) is 9.44. The fraction of sp³-hybridized carbons (Fsp3) is 0.0244. The second-order valence-electron chi connectivity index (χ2n) is 11.1. The van der Waals surface area contributed by atoms with Crippen LogP contribution in [0, 0.1) is 0 Å². The maximum Gasteiger partial charge on any atom is 0.0744 e. The summed E-state index contributed by atoms with van der Waals surface area (Å²) in [7, 11) is 0. The van der Waals surface area contributed by atoms with Gasteiger partial charge in [-0.15, -0.1) is 0 Å². The van der Waals surface area contributed by atoms with Crippen molar-refractivity contribution >= 4 is 61.5 Å². The SMILES string of the molecule is C=Nc1ccccc1C(=NCc1ccccc1)c1ccc2c(ccc3cc(-n4c5ccccc5c5ccccc54)ccc32)c1. The Morgan fingerprint density at radius 2 is 1.16 bits per heavy atom. The summed E-state index contributed by atoms with van der Waals surface area (Å²) < 4.78 is 2.37. The van der Waals surface area contributed by atoms with E-state index in [4.69, 9.17) is 4.99 Å². The van der Waals surface area contributed by atoms with Crippen LogP contribution < -0.4 is 0 Å². The van der Waals surface area contributed by atoms with E-state index < -0.39 is 0 Å². The average molecular weight is 564 g/mol. The Bertz CT molecular complexity index is 2320. The normalized spacial score (nSPS) is 12.0. The molecule has 8 rings (SSSR count). The zero-order valence-corrected chi connectivity index (χ0v) is 24.2. The zero-order chi connectivity index (χ0) is 29.5. The van der Waals surface area contributed by atoms with Crippen LogP contribution in [0.4, 0.5) is 5.69 Å². The Balaban J connectivity index is 1.25. The molecule has 0 atom stereocenters. The number of aliphatic imine (C=N–C) groups is 2. The molecule has 0 aliphatic carbocycles. The Morgan fingerprint density at radius 3 is 1.89 bits per heavy atom. The molecule has 1 aromatic heterocycles. The van der Waals surface area contributed by atoms with Gasteiger partial charge in [-0.25, -0.2) is 0 Å². The number of aromatic nitrogens is 1. The predicted molar refractivity (Wildman–Crippen MR) is 187 cm³/mol. The maximum atomic E-state index is 5.13. The van der Waals surface area contributed by atoms with Gasteiger partial charge in [-0.2, -0.15) is 0 Å². The molecule has 1 heterocycles. The number of hydrogen-bond acceptors (Lipinski definition) is 2. The van der Waals surface area contributed by atoms with E-state index in [0.717, 1.165) is 28.2 Å². The van der Waals surface area contributed by atoms with Crippen LogP contribution in [0.5, 0.6) is 0 Å². The van der Waals surface area contributed by atoms with Crippen molar-refractivity contribution in [3.05, 3.63) is 168 Å². The first-order valence-electron chi connectivity index (χ1n) is 14.9. The van der Waals surface area contributed by atoms with E-state index in [9.17, 15) is 0 Å². The van der Waals surface area contributed by atoms with Crippen molar-refractivity contribution in [1.82, 2.24) is 4.57 Å². The average Bonchev–Trinajstić information content (AvgIpc) is 3.43. The lowest BCUT2D eigenvalue weighted by molar-refractivity contribution is 1.07. The molecule has 3 heteroatoms. The molecular weight excluding hydrogens is 534 g/mol. The highest BCUT2D eigenvalue weighted by molar-refractivity contribution is 6.18. The molecule has 0 bridgehead atoms. The van der Waals surface area contributed by atoms with Crippen molar-refractivity contribution in [3.8, 4) is 5.69 Å².